The molecule has 0 saturated carbocycles. The second kappa shape index (κ2) is 12.6. The van der Waals surface area contributed by atoms with Crippen molar-refractivity contribution in [2.75, 3.05) is 9.80 Å². The lowest BCUT2D eigenvalue weighted by Gasteiger charge is -2.50. The van der Waals surface area contributed by atoms with Gasteiger partial charge in [0.1, 0.15) is 0 Å². The van der Waals surface area contributed by atoms with Crippen LogP contribution in [0.5, 0.6) is 0 Å². The number of para-hydroxylation sites is 2. The fourth-order valence-corrected chi connectivity index (χ4v) is 14.6. The molecule has 0 spiro atoms. The van der Waals surface area contributed by atoms with Gasteiger partial charge in [0.15, 0.2) is 0 Å². The second-order valence-electron chi connectivity index (χ2n) is 24.9. The first kappa shape index (κ1) is 41.3. The predicted molar refractivity (Wildman–Crippen MR) is 290 cm³/mol. The normalized spacial score (nSPS) is 20.5. The van der Waals surface area contributed by atoms with Crippen molar-refractivity contribution in [1.82, 2.24) is 0 Å². The Morgan fingerprint density at radius 3 is 1.33 bits per heavy atom. The smallest absolute Gasteiger partial charge is 0.0547 e. The van der Waals surface area contributed by atoms with E-state index in [-0.39, 0.29) is 32.5 Å². The Hall–Kier alpha value is -6.64. The van der Waals surface area contributed by atoms with Crippen LogP contribution in [0, 0.1) is 6.92 Å². The molecule has 14 rings (SSSR count). The molecule has 2 heteroatoms. The number of rotatable bonds is 1. The fraction of sp³-hybridized carbons (Fsp3) is 0.284. The maximum Gasteiger partial charge on any atom is 0.0547 e. The molecule has 4 aliphatic heterocycles. The van der Waals surface area contributed by atoms with Gasteiger partial charge in [-0.3, -0.25) is 0 Å². The molecule has 0 bridgehead atoms. The zero-order valence-electron chi connectivity index (χ0n) is 42.7. The van der Waals surface area contributed by atoms with Gasteiger partial charge < -0.3 is 9.80 Å². The molecule has 69 heavy (non-hydrogen) atoms. The van der Waals surface area contributed by atoms with Crippen molar-refractivity contribution in [3.8, 4) is 33.4 Å². The van der Waals surface area contributed by atoms with Crippen molar-refractivity contribution in [3.05, 3.63) is 212 Å². The molecule has 8 aromatic carbocycles. The third kappa shape index (κ3) is 4.79. The number of hydrogen-bond donors (Lipinski definition) is 0. The first-order valence-corrected chi connectivity index (χ1v) is 25.4. The molecule has 6 aliphatic rings. The molecule has 340 valence electrons. The summed E-state index contributed by atoms with van der Waals surface area (Å²) in [6, 6.07) is 55.6. The maximum absolute atomic E-state index is 2.66. The third-order valence-corrected chi connectivity index (χ3v) is 18.4. The highest BCUT2D eigenvalue weighted by atomic mass is 15.2. The van der Waals surface area contributed by atoms with Crippen LogP contribution in [0.1, 0.15) is 155 Å². The third-order valence-electron chi connectivity index (χ3n) is 18.4. The summed E-state index contributed by atoms with van der Waals surface area (Å²) >= 11 is 0. The minimum absolute atomic E-state index is 0.0557. The molecule has 2 aliphatic carbocycles. The van der Waals surface area contributed by atoms with Crippen molar-refractivity contribution >= 4 is 34.1 Å². The van der Waals surface area contributed by atoms with E-state index >= 15 is 0 Å². The van der Waals surface area contributed by atoms with E-state index < -0.39 is 0 Å². The number of nitrogens with zero attached hydrogens (tertiary/aromatic N) is 2. The Morgan fingerprint density at radius 2 is 0.797 bits per heavy atom. The largest absolute Gasteiger partial charge is 0.309 e. The number of hydrogen-bond acceptors (Lipinski definition) is 2. The van der Waals surface area contributed by atoms with Crippen LogP contribution in [0.15, 0.2) is 140 Å². The van der Waals surface area contributed by atoms with Gasteiger partial charge in [-0.15, -0.1) is 0 Å². The Balaban J connectivity index is 0.945. The highest BCUT2D eigenvalue weighted by Crippen LogP contribution is 2.69. The van der Waals surface area contributed by atoms with Crippen molar-refractivity contribution in [2.45, 2.75) is 122 Å². The quantitative estimate of drug-likeness (QED) is 0.162. The first-order valence-electron chi connectivity index (χ1n) is 25.4. The molecule has 2 atom stereocenters. The molecule has 0 fully saturated rings. The van der Waals surface area contributed by atoms with Gasteiger partial charge in [0.05, 0.1) is 34.1 Å². The van der Waals surface area contributed by atoms with Gasteiger partial charge in [-0.2, -0.15) is 0 Å². The number of fused-ring (bicyclic) bond motifs is 14. The van der Waals surface area contributed by atoms with Crippen LogP contribution in [0.25, 0.3) is 33.4 Å². The SMILES string of the molecule is Cc1ccc2c3c1N1c4ccc(C(C)(C)C)cc4C(C)(C)c4cccc(c41)C3(C)c1cc(-c3ccc4c(c3)C3(C)c5cccc6c5N(c5ccc(C(C)(C)C)cc5C6(C)C)c5cccc-4c53)ccc1-2. The van der Waals surface area contributed by atoms with E-state index in [0.717, 1.165) is 0 Å². The minimum atomic E-state index is -0.344. The molecule has 8 aromatic rings. The summed E-state index contributed by atoms with van der Waals surface area (Å²) in [5, 5.41) is 0. The Bertz CT molecular complexity index is 3690. The number of anilines is 6. The van der Waals surface area contributed by atoms with Crippen LogP contribution in [0.2, 0.25) is 0 Å². The molecule has 0 amide bonds. The fourth-order valence-electron chi connectivity index (χ4n) is 14.6. The summed E-state index contributed by atoms with van der Waals surface area (Å²) in [6.07, 6.45) is 0. The van der Waals surface area contributed by atoms with E-state index in [1.807, 2.05) is 0 Å². The summed E-state index contributed by atoms with van der Waals surface area (Å²) in [7, 11) is 0. The summed E-state index contributed by atoms with van der Waals surface area (Å²) in [6.45, 7) is 31.1. The second-order valence-corrected chi connectivity index (χ2v) is 24.9. The first-order chi connectivity index (χ1) is 32.7. The van der Waals surface area contributed by atoms with Gasteiger partial charge in [0, 0.05) is 21.7 Å². The van der Waals surface area contributed by atoms with Crippen LogP contribution in [-0.2, 0) is 32.5 Å². The molecule has 2 nitrogen and oxygen atoms in total. The molecule has 2 unspecified atom stereocenters. The van der Waals surface area contributed by atoms with Gasteiger partial charge in [-0.25, -0.2) is 0 Å². The van der Waals surface area contributed by atoms with Gasteiger partial charge >= 0.3 is 0 Å². The van der Waals surface area contributed by atoms with E-state index in [9.17, 15) is 0 Å². The summed E-state index contributed by atoms with van der Waals surface area (Å²) in [5.74, 6) is 0. The lowest BCUT2D eigenvalue weighted by molar-refractivity contribution is 0.578. The van der Waals surface area contributed by atoms with E-state index in [2.05, 4.69) is 239 Å². The van der Waals surface area contributed by atoms with Crippen LogP contribution < -0.4 is 9.80 Å². The predicted octanol–water partition coefficient (Wildman–Crippen LogP) is 17.8. The van der Waals surface area contributed by atoms with Crippen molar-refractivity contribution in [3.63, 3.8) is 0 Å². The van der Waals surface area contributed by atoms with Crippen LogP contribution in [0.3, 0.4) is 0 Å². The van der Waals surface area contributed by atoms with E-state index in [4.69, 9.17) is 0 Å². The van der Waals surface area contributed by atoms with Crippen molar-refractivity contribution in [2.24, 2.45) is 0 Å². The average molecular weight is 895 g/mol. The molecule has 0 aromatic heterocycles. The van der Waals surface area contributed by atoms with Crippen LogP contribution in [0.4, 0.5) is 34.1 Å². The zero-order valence-corrected chi connectivity index (χ0v) is 42.7. The summed E-state index contributed by atoms with van der Waals surface area (Å²) in [5.41, 5.74) is 33.2. The van der Waals surface area contributed by atoms with Crippen LogP contribution in [-0.4, -0.2) is 0 Å². The van der Waals surface area contributed by atoms with Gasteiger partial charge in [-0.1, -0.05) is 178 Å². The van der Waals surface area contributed by atoms with Crippen molar-refractivity contribution in [1.29, 1.82) is 0 Å². The number of aryl methyl sites for hydroxylation is 1. The summed E-state index contributed by atoms with van der Waals surface area (Å²) in [4.78, 5) is 5.28. The van der Waals surface area contributed by atoms with Gasteiger partial charge in [-0.05, 0) is 168 Å². The molecule has 0 saturated heterocycles. The molecular weight excluding hydrogens is 833 g/mol. The number of benzene rings is 8. The van der Waals surface area contributed by atoms with E-state index in [1.165, 1.54) is 140 Å². The molecule has 4 heterocycles. The van der Waals surface area contributed by atoms with Gasteiger partial charge in [0.2, 0.25) is 0 Å². The van der Waals surface area contributed by atoms with Crippen LogP contribution >= 0.6 is 0 Å². The Morgan fingerprint density at radius 1 is 0.348 bits per heavy atom. The van der Waals surface area contributed by atoms with Gasteiger partial charge in [0.25, 0.3) is 0 Å². The van der Waals surface area contributed by atoms with Crippen molar-refractivity contribution < 1.29 is 0 Å². The molecule has 0 N–H and O–H groups in total. The zero-order chi connectivity index (χ0) is 47.9. The molecule has 0 radical (unpaired) electrons. The van der Waals surface area contributed by atoms with E-state index in [0.29, 0.717) is 0 Å². The highest BCUT2D eigenvalue weighted by Gasteiger charge is 2.54. The lowest BCUT2D eigenvalue weighted by Crippen LogP contribution is -2.39. The average Bonchev–Trinajstić information content (AvgIpc) is 3.74. The highest BCUT2D eigenvalue weighted by molar-refractivity contribution is 6.03. The molecular formula is C67H62N2. The summed E-state index contributed by atoms with van der Waals surface area (Å²) < 4.78 is 0. The van der Waals surface area contributed by atoms with E-state index in [1.54, 1.807) is 0 Å². The lowest BCUT2D eigenvalue weighted by atomic mass is 9.64. The Kier molecular flexibility index (Phi) is 7.53. The standard InChI is InChI=1S/C67H62N2/c1-37-23-28-45-43-30-25-39(34-51(43)67(13)49-21-16-19-47-61(49)69(59(37)58(45)67)55-32-27-41(63(5,6)7)36-53(55)65(47,10)11)38-24-29-42-44-17-14-22-56-57(44)66(12,50(42)33-38)48-20-15-18-46-60(48)68(56)54-31-26-40(62(2,3)4)35-52(54)64(46,8)9/h14-36H,1-13H3. The monoisotopic (exact) mass is 894 g/mol. The Labute approximate surface area is 409 Å². The topological polar surface area (TPSA) is 6.48 Å². The maximum atomic E-state index is 2.66. The minimum Gasteiger partial charge on any atom is -0.309 e.